The number of thiophene rings is 1. The Balaban J connectivity index is 1.25. The molecule has 3 heterocycles. The molecule has 0 spiro atoms. The molecule has 1 N–H and O–H groups in total. The van der Waals surface area contributed by atoms with E-state index in [9.17, 15) is 9.18 Å². The van der Waals surface area contributed by atoms with Gasteiger partial charge in [0.1, 0.15) is 12.0 Å². The number of carbonyl (C=O) groups excluding carboxylic acids is 1. The first-order valence-corrected chi connectivity index (χ1v) is 12.7. The van der Waals surface area contributed by atoms with Crippen molar-refractivity contribution in [2.75, 3.05) is 24.6 Å². The maximum absolute atomic E-state index is 13.6. The number of nitrogens with zero attached hydrogens (tertiary/aromatic N) is 3. The zero-order valence-electron chi connectivity index (χ0n) is 19.0. The Kier molecular flexibility index (Phi) is 7.04. The topological polar surface area (TPSA) is 38.8 Å². The number of halogens is 1. The largest absolute Gasteiger partial charge is 0.314 e. The van der Waals surface area contributed by atoms with Crippen molar-refractivity contribution in [2.24, 2.45) is 0 Å². The van der Waals surface area contributed by atoms with Crippen LogP contribution in [-0.4, -0.2) is 47.5 Å². The van der Waals surface area contributed by atoms with E-state index in [0.29, 0.717) is 0 Å². The number of hydrazine groups is 1. The third-order valence-electron chi connectivity index (χ3n) is 6.57. The van der Waals surface area contributed by atoms with E-state index in [1.54, 1.807) is 12.1 Å². The highest BCUT2D eigenvalue weighted by atomic mass is 32.1. The summed E-state index contributed by atoms with van der Waals surface area (Å²) in [6, 6.07) is 20.9. The van der Waals surface area contributed by atoms with Crippen LogP contribution in [0.25, 0.3) is 0 Å². The van der Waals surface area contributed by atoms with Crippen LogP contribution in [0, 0.1) is 5.82 Å². The smallest absolute Gasteiger partial charge is 0.265 e. The lowest BCUT2D eigenvalue weighted by Crippen LogP contribution is -2.56. The summed E-state index contributed by atoms with van der Waals surface area (Å²) in [5.74, 6) is -0.210. The first kappa shape index (κ1) is 22.8. The molecule has 2 aromatic carbocycles. The molecule has 1 aromatic heterocycles. The molecular formula is C27H29FN4OS. The average Bonchev–Trinajstić information content (AvgIpc) is 3.58. The molecule has 176 valence electrons. The first-order valence-electron chi connectivity index (χ1n) is 11.8. The van der Waals surface area contributed by atoms with Gasteiger partial charge in [-0.1, -0.05) is 36.4 Å². The Hall–Kier alpha value is -3.00. The molecule has 3 aromatic rings. The molecule has 7 heteroatoms. The van der Waals surface area contributed by atoms with Gasteiger partial charge in [-0.15, -0.1) is 11.3 Å². The Morgan fingerprint density at radius 3 is 2.50 bits per heavy atom. The van der Waals surface area contributed by atoms with Crippen LogP contribution in [0.1, 0.15) is 28.1 Å². The number of likely N-dealkylation sites (tertiary alicyclic amines) is 1. The Morgan fingerprint density at radius 2 is 1.79 bits per heavy atom. The lowest BCUT2D eigenvalue weighted by molar-refractivity contribution is 0.0472. The molecule has 34 heavy (non-hydrogen) atoms. The summed E-state index contributed by atoms with van der Waals surface area (Å²) < 4.78 is 13.4. The summed E-state index contributed by atoms with van der Waals surface area (Å²) in [5.41, 5.74) is 5.61. The lowest BCUT2D eigenvalue weighted by atomic mass is 10.0. The number of carbonyl (C=O) groups is 1. The van der Waals surface area contributed by atoms with Crippen molar-refractivity contribution in [3.05, 3.63) is 101 Å². The van der Waals surface area contributed by atoms with Crippen molar-refractivity contribution < 1.29 is 9.18 Å². The molecule has 0 radical (unpaired) electrons. The van der Waals surface area contributed by atoms with Gasteiger partial charge in [-0.3, -0.25) is 9.80 Å². The van der Waals surface area contributed by atoms with Crippen molar-refractivity contribution in [1.82, 2.24) is 15.2 Å². The minimum absolute atomic E-state index is 0.0563. The van der Waals surface area contributed by atoms with Gasteiger partial charge in [0.2, 0.25) is 0 Å². The van der Waals surface area contributed by atoms with E-state index in [1.807, 2.05) is 39.7 Å². The third-order valence-corrected chi connectivity index (χ3v) is 7.43. The van der Waals surface area contributed by atoms with Crippen LogP contribution >= 0.6 is 11.3 Å². The van der Waals surface area contributed by atoms with E-state index in [2.05, 4.69) is 40.7 Å². The molecule has 0 saturated carbocycles. The van der Waals surface area contributed by atoms with Crippen LogP contribution in [0.4, 0.5) is 10.1 Å². The number of benzene rings is 2. The van der Waals surface area contributed by atoms with E-state index >= 15 is 0 Å². The van der Waals surface area contributed by atoms with Crippen LogP contribution in [0.3, 0.4) is 0 Å². The van der Waals surface area contributed by atoms with E-state index in [-0.39, 0.29) is 23.9 Å². The number of anilines is 1. The second kappa shape index (κ2) is 10.5. The van der Waals surface area contributed by atoms with Gasteiger partial charge in [-0.05, 0) is 66.6 Å². The quantitative estimate of drug-likeness (QED) is 0.527. The fourth-order valence-electron chi connectivity index (χ4n) is 4.71. The maximum atomic E-state index is 13.6. The first-order chi connectivity index (χ1) is 16.7. The second-order valence-corrected chi connectivity index (χ2v) is 9.71. The summed E-state index contributed by atoms with van der Waals surface area (Å²) in [4.78, 5) is 18.8. The van der Waals surface area contributed by atoms with E-state index in [4.69, 9.17) is 0 Å². The zero-order valence-corrected chi connectivity index (χ0v) is 19.8. The highest BCUT2D eigenvalue weighted by Crippen LogP contribution is 2.26. The highest BCUT2D eigenvalue weighted by Gasteiger charge is 2.35. The minimum atomic E-state index is -0.267. The van der Waals surface area contributed by atoms with Crippen LogP contribution in [0.15, 0.2) is 84.4 Å². The molecule has 2 aliphatic rings. The SMILES string of the molecule is O=C(c1cccs1)N(C1CCN(CCc2ccccc2)CC1)C1C=CN(c2ccc(F)cc2)N1. The number of nitrogens with one attached hydrogen (secondary N) is 1. The fourth-order valence-corrected chi connectivity index (χ4v) is 5.38. The summed E-state index contributed by atoms with van der Waals surface area (Å²) in [6.07, 6.45) is 6.60. The molecule has 1 saturated heterocycles. The van der Waals surface area contributed by atoms with Crippen LogP contribution < -0.4 is 10.4 Å². The molecule has 1 amide bonds. The normalized spacial score (nSPS) is 19.0. The van der Waals surface area contributed by atoms with Gasteiger partial charge in [-0.25, -0.2) is 9.82 Å². The third kappa shape index (κ3) is 5.22. The summed E-state index contributed by atoms with van der Waals surface area (Å²) in [6.45, 7) is 2.99. The zero-order chi connectivity index (χ0) is 23.3. The van der Waals surface area contributed by atoms with E-state index in [1.165, 1.54) is 29.0 Å². The van der Waals surface area contributed by atoms with Gasteiger partial charge in [0, 0.05) is 31.9 Å². The predicted octanol–water partition coefficient (Wildman–Crippen LogP) is 4.90. The van der Waals surface area contributed by atoms with Gasteiger partial charge < -0.3 is 9.80 Å². The van der Waals surface area contributed by atoms with Gasteiger partial charge in [0.05, 0.1) is 10.6 Å². The van der Waals surface area contributed by atoms with E-state index in [0.717, 1.165) is 49.5 Å². The number of hydrogen-bond donors (Lipinski definition) is 1. The molecule has 5 nitrogen and oxygen atoms in total. The summed E-state index contributed by atoms with van der Waals surface area (Å²) in [7, 11) is 0. The molecule has 1 fully saturated rings. The molecule has 2 aliphatic heterocycles. The molecule has 0 bridgehead atoms. The van der Waals surface area contributed by atoms with E-state index < -0.39 is 0 Å². The number of amides is 1. The predicted molar refractivity (Wildman–Crippen MR) is 135 cm³/mol. The summed E-state index contributed by atoms with van der Waals surface area (Å²) >= 11 is 1.48. The van der Waals surface area contributed by atoms with Crippen LogP contribution in [0.5, 0.6) is 0 Å². The summed E-state index contributed by atoms with van der Waals surface area (Å²) in [5, 5.41) is 3.80. The van der Waals surface area contributed by atoms with Crippen molar-refractivity contribution in [3.63, 3.8) is 0 Å². The van der Waals surface area contributed by atoms with Gasteiger partial charge in [0.15, 0.2) is 0 Å². The standard InChI is InChI=1S/C27H29FN4OS/c28-22-8-10-23(11-9-22)31-19-15-26(29-31)32(27(33)25-7-4-20-34-25)24-13-17-30(18-14-24)16-12-21-5-2-1-3-6-21/h1-11,15,19-20,24,26,29H,12-14,16-18H2. The van der Waals surface area contributed by atoms with Gasteiger partial charge >= 0.3 is 0 Å². The minimum Gasteiger partial charge on any atom is -0.314 e. The van der Waals surface area contributed by atoms with Crippen molar-refractivity contribution in [1.29, 1.82) is 0 Å². The second-order valence-electron chi connectivity index (χ2n) is 8.76. The monoisotopic (exact) mass is 476 g/mol. The fraction of sp³-hybridized carbons (Fsp3) is 0.296. The van der Waals surface area contributed by atoms with Gasteiger partial charge in [0.25, 0.3) is 5.91 Å². The van der Waals surface area contributed by atoms with Crippen LogP contribution in [0.2, 0.25) is 0 Å². The molecule has 5 rings (SSSR count). The Morgan fingerprint density at radius 1 is 1.03 bits per heavy atom. The van der Waals surface area contributed by atoms with Crippen molar-refractivity contribution >= 4 is 22.9 Å². The van der Waals surface area contributed by atoms with Crippen LogP contribution in [-0.2, 0) is 6.42 Å². The maximum Gasteiger partial charge on any atom is 0.265 e. The van der Waals surface area contributed by atoms with Gasteiger partial charge in [-0.2, -0.15) is 0 Å². The Labute approximate surface area is 204 Å². The molecule has 1 unspecified atom stereocenters. The van der Waals surface area contributed by atoms with Crippen molar-refractivity contribution in [3.8, 4) is 0 Å². The number of piperidine rings is 1. The number of hydrogen-bond acceptors (Lipinski definition) is 5. The molecular weight excluding hydrogens is 447 g/mol. The highest BCUT2D eigenvalue weighted by molar-refractivity contribution is 7.12. The molecule has 0 aliphatic carbocycles. The Bertz CT molecular complexity index is 1100. The van der Waals surface area contributed by atoms with Crippen molar-refractivity contribution in [2.45, 2.75) is 31.5 Å². The lowest BCUT2D eigenvalue weighted by Gasteiger charge is -2.41. The molecule has 1 atom stereocenters. The average molecular weight is 477 g/mol. The number of rotatable bonds is 7.